The Labute approximate surface area is 94.7 Å². The second-order valence-electron chi connectivity index (χ2n) is 4.95. The molecule has 1 aliphatic heterocycles. The van der Waals surface area contributed by atoms with Gasteiger partial charge in [0, 0.05) is 17.8 Å². The van der Waals surface area contributed by atoms with E-state index in [0.717, 1.165) is 6.42 Å². The van der Waals surface area contributed by atoms with Gasteiger partial charge in [0.2, 0.25) is 0 Å². The summed E-state index contributed by atoms with van der Waals surface area (Å²) in [4.78, 5) is 0. The summed E-state index contributed by atoms with van der Waals surface area (Å²) < 4.78 is 0. The quantitative estimate of drug-likeness (QED) is 0.644. The summed E-state index contributed by atoms with van der Waals surface area (Å²) in [7, 11) is 0. The van der Waals surface area contributed by atoms with E-state index in [4.69, 9.17) is 5.10 Å². The summed E-state index contributed by atoms with van der Waals surface area (Å²) in [5.74, 6) is 0. The van der Waals surface area contributed by atoms with Crippen molar-refractivity contribution < 1.29 is 0 Å². The molecule has 0 aromatic rings. The zero-order valence-electron chi connectivity index (χ0n) is 10.8. The van der Waals surface area contributed by atoms with Crippen LogP contribution in [0.1, 0.15) is 66.2 Å². The van der Waals surface area contributed by atoms with Gasteiger partial charge in [-0.1, -0.05) is 13.3 Å². The van der Waals surface area contributed by atoms with E-state index in [1.807, 2.05) is 0 Å². The molecule has 1 heterocycles. The highest BCUT2D eigenvalue weighted by molar-refractivity contribution is 5.81. The Morgan fingerprint density at radius 1 is 1.27 bits per heavy atom. The fourth-order valence-corrected chi connectivity index (χ4v) is 2.28. The topological polar surface area (TPSA) is 15.6 Å². The molecule has 1 aliphatic rings. The predicted molar refractivity (Wildman–Crippen MR) is 67.2 cm³/mol. The lowest BCUT2D eigenvalue weighted by atomic mass is 10.00. The molecule has 88 valence electrons. The van der Waals surface area contributed by atoms with Gasteiger partial charge in [-0.3, -0.25) is 5.01 Å². The molecule has 2 atom stereocenters. The first-order chi connectivity index (χ1) is 7.15. The van der Waals surface area contributed by atoms with Gasteiger partial charge in [0.1, 0.15) is 0 Å². The maximum atomic E-state index is 4.79. The van der Waals surface area contributed by atoms with Crippen LogP contribution in [-0.2, 0) is 0 Å². The molecule has 0 radical (unpaired) electrons. The average molecular weight is 210 g/mol. The normalized spacial score (nSPS) is 28.3. The van der Waals surface area contributed by atoms with Crippen molar-refractivity contribution in [3.8, 4) is 0 Å². The highest BCUT2D eigenvalue weighted by Crippen LogP contribution is 2.22. The number of nitrogens with zero attached hydrogens (tertiary/aromatic N) is 2. The Bertz CT molecular complexity index is 201. The molecular weight excluding hydrogens is 184 g/mol. The smallest absolute Gasteiger partial charge is 0.0445 e. The van der Waals surface area contributed by atoms with Crippen molar-refractivity contribution in [3.63, 3.8) is 0 Å². The monoisotopic (exact) mass is 210 g/mol. The molecule has 1 fully saturated rings. The Morgan fingerprint density at radius 3 is 2.40 bits per heavy atom. The summed E-state index contributed by atoms with van der Waals surface area (Å²) >= 11 is 0. The molecule has 1 saturated heterocycles. The molecule has 0 bridgehead atoms. The van der Waals surface area contributed by atoms with E-state index in [1.54, 1.807) is 0 Å². The number of piperidine rings is 1. The Kier molecular flexibility index (Phi) is 5.13. The highest BCUT2D eigenvalue weighted by atomic mass is 15.5. The molecule has 0 aromatic heterocycles. The number of hydrogen-bond acceptors (Lipinski definition) is 2. The largest absolute Gasteiger partial charge is 0.292 e. The third-order valence-corrected chi connectivity index (χ3v) is 3.33. The van der Waals surface area contributed by atoms with Crippen LogP contribution in [0.4, 0.5) is 0 Å². The third-order valence-electron chi connectivity index (χ3n) is 3.33. The van der Waals surface area contributed by atoms with Crippen molar-refractivity contribution in [1.29, 1.82) is 0 Å². The zero-order valence-corrected chi connectivity index (χ0v) is 10.8. The van der Waals surface area contributed by atoms with E-state index < -0.39 is 0 Å². The number of hydrazone groups is 1. The van der Waals surface area contributed by atoms with Crippen LogP contribution in [0, 0.1) is 0 Å². The van der Waals surface area contributed by atoms with Crippen LogP contribution in [0.2, 0.25) is 0 Å². The molecule has 0 amide bonds. The van der Waals surface area contributed by atoms with Crippen molar-refractivity contribution in [1.82, 2.24) is 5.01 Å². The lowest BCUT2D eigenvalue weighted by molar-refractivity contribution is 0.108. The Hall–Kier alpha value is -0.530. The van der Waals surface area contributed by atoms with E-state index in [-0.39, 0.29) is 0 Å². The number of hydrogen-bond donors (Lipinski definition) is 0. The van der Waals surface area contributed by atoms with Gasteiger partial charge in [-0.15, -0.1) is 0 Å². The molecule has 0 aliphatic carbocycles. The summed E-state index contributed by atoms with van der Waals surface area (Å²) in [6, 6.07) is 1.26. The molecule has 2 unspecified atom stereocenters. The molecule has 0 spiro atoms. The fourth-order valence-electron chi connectivity index (χ4n) is 2.28. The van der Waals surface area contributed by atoms with E-state index in [9.17, 15) is 0 Å². The molecule has 1 rings (SSSR count). The van der Waals surface area contributed by atoms with Gasteiger partial charge in [-0.05, 0) is 52.9 Å². The Balaban J connectivity index is 2.52. The van der Waals surface area contributed by atoms with Crippen molar-refractivity contribution in [2.45, 2.75) is 78.3 Å². The van der Waals surface area contributed by atoms with E-state index in [2.05, 4.69) is 32.7 Å². The second-order valence-corrected chi connectivity index (χ2v) is 4.95. The van der Waals surface area contributed by atoms with E-state index >= 15 is 0 Å². The SMILES string of the molecule is CCCCC(C)=NN1C(C)CCCC1C. The van der Waals surface area contributed by atoms with Crippen LogP contribution in [0.5, 0.6) is 0 Å². The fraction of sp³-hybridized carbons (Fsp3) is 0.923. The van der Waals surface area contributed by atoms with Gasteiger partial charge >= 0.3 is 0 Å². The minimum atomic E-state index is 0.630. The first-order valence-corrected chi connectivity index (χ1v) is 6.47. The van der Waals surface area contributed by atoms with Crippen LogP contribution in [0.15, 0.2) is 5.10 Å². The molecule has 2 heteroatoms. The lowest BCUT2D eigenvalue weighted by Crippen LogP contribution is -2.40. The molecular formula is C13H26N2. The minimum Gasteiger partial charge on any atom is -0.292 e. The van der Waals surface area contributed by atoms with Gasteiger partial charge in [0.15, 0.2) is 0 Å². The van der Waals surface area contributed by atoms with E-state index in [1.165, 1.54) is 37.8 Å². The van der Waals surface area contributed by atoms with Crippen molar-refractivity contribution in [2.24, 2.45) is 5.10 Å². The van der Waals surface area contributed by atoms with Gasteiger partial charge < -0.3 is 0 Å². The van der Waals surface area contributed by atoms with Gasteiger partial charge in [-0.25, -0.2) is 0 Å². The van der Waals surface area contributed by atoms with Crippen molar-refractivity contribution in [2.75, 3.05) is 0 Å². The lowest BCUT2D eigenvalue weighted by Gasteiger charge is -2.37. The molecule has 15 heavy (non-hydrogen) atoms. The standard InChI is InChI=1S/C13H26N2/c1-5-6-8-11(2)14-15-12(3)9-7-10-13(15)4/h12-13H,5-10H2,1-4H3. The predicted octanol–water partition coefficient (Wildman–Crippen LogP) is 3.82. The minimum absolute atomic E-state index is 0.630. The third kappa shape index (κ3) is 3.84. The average Bonchev–Trinajstić information content (AvgIpc) is 2.21. The molecule has 0 saturated carbocycles. The van der Waals surface area contributed by atoms with E-state index in [0.29, 0.717) is 12.1 Å². The van der Waals surface area contributed by atoms with Crippen molar-refractivity contribution >= 4 is 5.71 Å². The summed E-state index contributed by atoms with van der Waals surface area (Å²) in [6.07, 6.45) is 7.66. The first-order valence-electron chi connectivity index (χ1n) is 6.47. The van der Waals surface area contributed by atoms with Gasteiger partial charge in [0.05, 0.1) is 0 Å². The number of rotatable bonds is 4. The van der Waals surface area contributed by atoms with Gasteiger partial charge in [-0.2, -0.15) is 5.10 Å². The number of unbranched alkanes of at least 4 members (excludes halogenated alkanes) is 1. The summed E-state index contributed by atoms with van der Waals surface area (Å²) in [5, 5.41) is 7.11. The summed E-state index contributed by atoms with van der Waals surface area (Å²) in [5.41, 5.74) is 1.30. The maximum Gasteiger partial charge on any atom is 0.0445 e. The highest BCUT2D eigenvalue weighted by Gasteiger charge is 2.23. The van der Waals surface area contributed by atoms with Gasteiger partial charge in [0.25, 0.3) is 0 Å². The van der Waals surface area contributed by atoms with Crippen LogP contribution in [-0.4, -0.2) is 22.8 Å². The second kappa shape index (κ2) is 6.14. The zero-order chi connectivity index (χ0) is 11.3. The van der Waals surface area contributed by atoms with Crippen LogP contribution in [0.25, 0.3) is 0 Å². The summed E-state index contributed by atoms with van der Waals surface area (Å²) in [6.45, 7) is 9.00. The van der Waals surface area contributed by atoms with Crippen molar-refractivity contribution in [3.05, 3.63) is 0 Å². The first kappa shape index (κ1) is 12.5. The molecule has 0 N–H and O–H groups in total. The maximum absolute atomic E-state index is 4.79. The Morgan fingerprint density at radius 2 is 1.87 bits per heavy atom. The van der Waals surface area contributed by atoms with Crippen LogP contribution in [0.3, 0.4) is 0 Å². The molecule has 0 aromatic carbocycles. The van der Waals surface area contributed by atoms with Crippen LogP contribution >= 0.6 is 0 Å². The molecule has 2 nitrogen and oxygen atoms in total. The van der Waals surface area contributed by atoms with Crippen LogP contribution < -0.4 is 0 Å².